The molecule has 114 valence electrons. The number of benzene rings is 1. The van der Waals surface area contributed by atoms with Crippen molar-refractivity contribution in [3.8, 4) is 0 Å². The van der Waals surface area contributed by atoms with Crippen LogP contribution in [0.2, 0.25) is 0 Å². The molecule has 0 saturated heterocycles. The van der Waals surface area contributed by atoms with Gasteiger partial charge in [-0.05, 0) is 36.5 Å². The van der Waals surface area contributed by atoms with Crippen LogP contribution in [0, 0.1) is 5.41 Å². The van der Waals surface area contributed by atoms with Crippen LogP contribution in [0.1, 0.15) is 33.1 Å². The molecule has 1 aromatic heterocycles. The third-order valence-electron chi connectivity index (χ3n) is 4.51. The number of fused-ring (bicyclic) bond motifs is 1. The molecule has 0 aliphatic heterocycles. The second-order valence-electron chi connectivity index (χ2n) is 6.51. The molecule has 1 aromatic carbocycles. The molecule has 5 nitrogen and oxygen atoms in total. The number of sulfonamides is 1. The fraction of sp³-hybridized carbons (Fsp3) is 0.467. The van der Waals surface area contributed by atoms with Crippen molar-refractivity contribution >= 4 is 26.6 Å². The lowest BCUT2D eigenvalue weighted by molar-refractivity contribution is 0.313. The zero-order chi connectivity index (χ0) is 15.3. The van der Waals surface area contributed by atoms with E-state index in [0.29, 0.717) is 11.1 Å². The quantitative estimate of drug-likeness (QED) is 0.762. The lowest BCUT2D eigenvalue weighted by atomic mass is 9.88. The molecular formula is C15H21N3O2S. The van der Waals surface area contributed by atoms with E-state index in [9.17, 15) is 8.42 Å². The highest BCUT2D eigenvalue weighted by Crippen LogP contribution is 2.38. The van der Waals surface area contributed by atoms with Crippen molar-refractivity contribution in [3.63, 3.8) is 0 Å². The largest absolute Gasteiger partial charge is 0.399 e. The van der Waals surface area contributed by atoms with Crippen molar-refractivity contribution in [2.45, 2.75) is 44.0 Å². The fourth-order valence-corrected chi connectivity index (χ4v) is 4.74. The Kier molecular flexibility index (Phi) is 3.26. The Balaban J connectivity index is 1.99. The van der Waals surface area contributed by atoms with Gasteiger partial charge < -0.3 is 10.7 Å². The summed E-state index contributed by atoms with van der Waals surface area (Å²) in [6, 6.07) is 5.22. The molecule has 21 heavy (non-hydrogen) atoms. The molecular weight excluding hydrogens is 286 g/mol. The Bertz CT molecular complexity index is 777. The van der Waals surface area contributed by atoms with Crippen LogP contribution in [-0.4, -0.2) is 19.4 Å². The van der Waals surface area contributed by atoms with Gasteiger partial charge in [-0.1, -0.05) is 20.3 Å². The zero-order valence-electron chi connectivity index (χ0n) is 12.3. The molecule has 4 N–H and O–H groups in total. The molecule has 1 saturated carbocycles. The number of nitrogen functional groups attached to an aromatic ring is 1. The highest BCUT2D eigenvalue weighted by molar-refractivity contribution is 7.89. The monoisotopic (exact) mass is 307 g/mol. The Morgan fingerprint density at radius 2 is 2.14 bits per heavy atom. The molecule has 6 heteroatoms. The first-order valence-electron chi connectivity index (χ1n) is 7.18. The van der Waals surface area contributed by atoms with Gasteiger partial charge in [-0.3, -0.25) is 0 Å². The summed E-state index contributed by atoms with van der Waals surface area (Å²) >= 11 is 0. The maximum absolute atomic E-state index is 12.7. The average Bonchev–Trinajstić information content (AvgIpc) is 2.93. The van der Waals surface area contributed by atoms with Gasteiger partial charge in [0.2, 0.25) is 10.0 Å². The van der Waals surface area contributed by atoms with Crippen LogP contribution >= 0.6 is 0 Å². The van der Waals surface area contributed by atoms with Gasteiger partial charge in [0.15, 0.2) is 0 Å². The maximum Gasteiger partial charge on any atom is 0.242 e. The van der Waals surface area contributed by atoms with Gasteiger partial charge in [-0.25, -0.2) is 13.1 Å². The van der Waals surface area contributed by atoms with Crippen molar-refractivity contribution < 1.29 is 8.42 Å². The number of aromatic nitrogens is 1. The number of nitrogens with two attached hydrogens (primary N) is 1. The smallest absolute Gasteiger partial charge is 0.242 e. The molecule has 1 unspecified atom stereocenters. The molecule has 0 amide bonds. The molecule has 1 heterocycles. The molecule has 1 fully saturated rings. The fourth-order valence-electron chi connectivity index (χ4n) is 3.13. The number of H-pyrrole nitrogens is 1. The predicted octanol–water partition coefficient (Wildman–Crippen LogP) is 2.61. The summed E-state index contributed by atoms with van der Waals surface area (Å²) in [5.41, 5.74) is 7.10. The zero-order valence-corrected chi connectivity index (χ0v) is 13.1. The number of nitrogens with one attached hydrogen (secondary N) is 2. The van der Waals surface area contributed by atoms with Gasteiger partial charge in [0.1, 0.15) is 4.90 Å². The summed E-state index contributed by atoms with van der Waals surface area (Å²) in [7, 11) is -3.55. The highest BCUT2D eigenvalue weighted by atomic mass is 32.2. The van der Waals surface area contributed by atoms with E-state index in [1.165, 1.54) is 6.20 Å². The Morgan fingerprint density at radius 3 is 2.81 bits per heavy atom. The number of hydrogen-bond donors (Lipinski definition) is 3. The lowest BCUT2D eigenvalue weighted by Crippen LogP contribution is -2.41. The Labute approximate surface area is 125 Å². The van der Waals surface area contributed by atoms with E-state index in [1.807, 2.05) is 0 Å². The molecule has 0 radical (unpaired) electrons. The van der Waals surface area contributed by atoms with Crippen LogP contribution in [0.5, 0.6) is 0 Å². The normalized spacial score (nSPS) is 21.9. The van der Waals surface area contributed by atoms with Gasteiger partial charge in [-0.2, -0.15) is 0 Å². The minimum absolute atomic E-state index is 0.00178. The molecule has 3 rings (SSSR count). The second kappa shape index (κ2) is 4.74. The van der Waals surface area contributed by atoms with Crippen molar-refractivity contribution in [1.29, 1.82) is 0 Å². The third-order valence-corrected chi connectivity index (χ3v) is 6.02. The summed E-state index contributed by atoms with van der Waals surface area (Å²) < 4.78 is 28.3. The lowest BCUT2D eigenvalue weighted by Gasteiger charge is -2.27. The first-order valence-corrected chi connectivity index (χ1v) is 8.67. The van der Waals surface area contributed by atoms with Crippen molar-refractivity contribution in [3.05, 3.63) is 24.4 Å². The first kappa shape index (κ1) is 14.4. The highest BCUT2D eigenvalue weighted by Gasteiger charge is 2.37. The Hall–Kier alpha value is -1.53. The average molecular weight is 307 g/mol. The summed E-state index contributed by atoms with van der Waals surface area (Å²) in [4.78, 5) is 3.26. The number of aromatic amines is 1. The topological polar surface area (TPSA) is 88.0 Å². The number of hydrogen-bond acceptors (Lipinski definition) is 3. The van der Waals surface area contributed by atoms with Crippen LogP contribution in [0.3, 0.4) is 0 Å². The van der Waals surface area contributed by atoms with Crippen molar-refractivity contribution in [2.24, 2.45) is 5.41 Å². The molecule has 1 aliphatic rings. The van der Waals surface area contributed by atoms with Crippen LogP contribution in [0.4, 0.5) is 5.69 Å². The summed E-state index contributed by atoms with van der Waals surface area (Å²) in [6.45, 7) is 4.22. The summed E-state index contributed by atoms with van der Waals surface area (Å²) in [5.74, 6) is 0. The minimum atomic E-state index is -3.55. The van der Waals surface area contributed by atoms with Gasteiger partial charge in [0, 0.05) is 28.8 Å². The van der Waals surface area contributed by atoms with E-state index >= 15 is 0 Å². The van der Waals surface area contributed by atoms with E-state index < -0.39 is 10.0 Å². The minimum Gasteiger partial charge on any atom is -0.399 e. The van der Waals surface area contributed by atoms with Gasteiger partial charge in [0.25, 0.3) is 0 Å². The molecule has 0 spiro atoms. The standard InChI is InChI=1S/C15H21N3O2S/c1-15(2)7-3-4-14(15)18-21(19,20)13-9-17-12-6-5-10(16)8-11(12)13/h5-6,8-9,14,17-18H,3-4,7,16H2,1-2H3. The number of rotatable bonds is 3. The van der Waals surface area contributed by atoms with Crippen LogP contribution in [0.25, 0.3) is 10.9 Å². The van der Waals surface area contributed by atoms with Crippen LogP contribution in [-0.2, 0) is 10.0 Å². The first-order chi connectivity index (χ1) is 9.79. The summed E-state index contributed by atoms with van der Waals surface area (Å²) in [6.07, 6.45) is 4.52. The van der Waals surface area contributed by atoms with E-state index in [1.54, 1.807) is 18.2 Å². The van der Waals surface area contributed by atoms with E-state index in [4.69, 9.17) is 5.73 Å². The van der Waals surface area contributed by atoms with Crippen LogP contribution in [0.15, 0.2) is 29.3 Å². The molecule has 2 aromatic rings. The van der Waals surface area contributed by atoms with E-state index in [0.717, 1.165) is 24.8 Å². The second-order valence-corrected chi connectivity index (χ2v) is 8.20. The van der Waals surface area contributed by atoms with Gasteiger partial charge in [0.05, 0.1) is 0 Å². The Morgan fingerprint density at radius 1 is 1.38 bits per heavy atom. The predicted molar refractivity (Wildman–Crippen MR) is 84.5 cm³/mol. The van der Waals surface area contributed by atoms with Gasteiger partial charge >= 0.3 is 0 Å². The van der Waals surface area contributed by atoms with Crippen molar-refractivity contribution in [2.75, 3.05) is 5.73 Å². The molecule has 1 atom stereocenters. The third kappa shape index (κ3) is 2.53. The summed E-state index contributed by atoms with van der Waals surface area (Å²) in [5, 5.41) is 0.637. The van der Waals surface area contributed by atoms with E-state index in [2.05, 4.69) is 23.6 Å². The number of anilines is 1. The maximum atomic E-state index is 12.7. The van der Waals surface area contributed by atoms with Crippen molar-refractivity contribution in [1.82, 2.24) is 9.71 Å². The van der Waals surface area contributed by atoms with Gasteiger partial charge in [-0.15, -0.1) is 0 Å². The van der Waals surface area contributed by atoms with E-state index in [-0.39, 0.29) is 16.4 Å². The SMILES string of the molecule is CC1(C)CCCC1NS(=O)(=O)c1c[nH]c2ccc(N)cc12. The molecule has 0 bridgehead atoms. The van der Waals surface area contributed by atoms with Crippen LogP contribution < -0.4 is 10.5 Å². The molecule has 1 aliphatic carbocycles.